The van der Waals surface area contributed by atoms with Crippen molar-refractivity contribution in [3.8, 4) is 11.1 Å². The zero-order valence-corrected chi connectivity index (χ0v) is 25.7. The van der Waals surface area contributed by atoms with Crippen LogP contribution in [0.25, 0.3) is 22.0 Å². The third-order valence-corrected chi connectivity index (χ3v) is 7.44. The Bertz CT molecular complexity index is 1750. The van der Waals surface area contributed by atoms with Gasteiger partial charge in [0.2, 0.25) is 11.8 Å². The largest absolute Gasteiger partial charge is 0.465 e. The molecule has 0 fully saturated rings. The number of amides is 2. The van der Waals surface area contributed by atoms with Gasteiger partial charge in [0.05, 0.1) is 35.5 Å². The first kappa shape index (κ1) is 32.3. The molecule has 0 saturated carbocycles. The summed E-state index contributed by atoms with van der Waals surface area (Å²) in [5.41, 5.74) is 2.05. The number of ketones is 1. The first-order valence-electron chi connectivity index (χ1n) is 13.7. The van der Waals surface area contributed by atoms with Gasteiger partial charge < -0.3 is 19.7 Å². The lowest BCUT2D eigenvalue weighted by Crippen LogP contribution is -2.44. The molecule has 3 aromatic carbocycles. The van der Waals surface area contributed by atoms with E-state index in [1.54, 1.807) is 50.2 Å². The van der Waals surface area contributed by atoms with Crippen molar-refractivity contribution < 1.29 is 33.0 Å². The van der Waals surface area contributed by atoms with Crippen LogP contribution in [0.1, 0.15) is 47.2 Å². The third-order valence-electron chi connectivity index (χ3n) is 6.99. The van der Waals surface area contributed by atoms with E-state index in [9.17, 15) is 19.2 Å². The molecule has 10 nitrogen and oxygen atoms in total. The van der Waals surface area contributed by atoms with Gasteiger partial charge in [0.1, 0.15) is 18.8 Å². The highest BCUT2D eigenvalue weighted by Crippen LogP contribution is 2.35. The van der Waals surface area contributed by atoms with Crippen LogP contribution in [0.2, 0.25) is 5.02 Å². The monoisotopic (exact) mass is 622 g/mol. The summed E-state index contributed by atoms with van der Waals surface area (Å²) in [6, 6.07) is 14.0. The van der Waals surface area contributed by atoms with Crippen LogP contribution in [0.5, 0.6) is 0 Å². The highest BCUT2D eigenvalue weighted by Gasteiger charge is 2.25. The number of halogens is 2. The fourth-order valence-electron chi connectivity index (χ4n) is 4.82. The van der Waals surface area contributed by atoms with Crippen LogP contribution in [0.4, 0.5) is 10.1 Å². The van der Waals surface area contributed by atoms with E-state index in [1.165, 1.54) is 48.9 Å². The van der Waals surface area contributed by atoms with Crippen LogP contribution in [0.15, 0.2) is 54.6 Å². The summed E-state index contributed by atoms with van der Waals surface area (Å²) in [7, 11) is 2.79. The summed E-state index contributed by atoms with van der Waals surface area (Å²) in [5, 5.41) is 7.62. The summed E-state index contributed by atoms with van der Waals surface area (Å²) in [5.74, 6) is -2.67. The number of hydrogen-bond acceptors (Lipinski definition) is 7. The van der Waals surface area contributed by atoms with Gasteiger partial charge in [0, 0.05) is 36.6 Å². The molecule has 44 heavy (non-hydrogen) atoms. The van der Waals surface area contributed by atoms with Crippen LogP contribution in [0, 0.1) is 5.82 Å². The summed E-state index contributed by atoms with van der Waals surface area (Å²) < 4.78 is 26.9. The Hall–Kier alpha value is -4.61. The summed E-state index contributed by atoms with van der Waals surface area (Å²) in [6.07, 6.45) is 0. The molecular weight excluding hydrogens is 591 g/mol. The minimum absolute atomic E-state index is 0.0672. The fraction of sp³-hybridized carbons (Fsp3) is 0.281. The molecule has 1 heterocycles. The number of methoxy groups -OCH3 is 2. The smallest absolute Gasteiger partial charge is 0.337 e. The Labute approximate surface area is 258 Å². The SMILES string of the molecule is COCc1cccc(-c2cccc(NC(=O)CN(C(=O)Cn3nc(C(C)=O)c4cc(C(=O)OC)ccc43)C(C)C)c2F)c1Cl. The quantitative estimate of drug-likeness (QED) is 0.173. The molecule has 0 aliphatic carbocycles. The number of ether oxygens (including phenoxy) is 2. The molecule has 230 valence electrons. The number of carbonyl (C=O) groups excluding carboxylic acids is 4. The number of anilines is 1. The summed E-state index contributed by atoms with van der Waals surface area (Å²) in [6.45, 7) is 4.42. The van der Waals surface area contributed by atoms with Gasteiger partial charge in [-0.2, -0.15) is 5.10 Å². The van der Waals surface area contributed by atoms with E-state index < -0.39 is 29.6 Å². The molecule has 0 saturated heterocycles. The number of aromatic nitrogens is 2. The fourth-order valence-corrected chi connectivity index (χ4v) is 5.10. The minimum atomic E-state index is -0.675. The van der Waals surface area contributed by atoms with E-state index in [-0.39, 0.29) is 48.0 Å². The molecule has 0 spiro atoms. The van der Waals surface area contributed by atoms with Crippen molar-refractivity contribution in [3.05, 3.63) is 82.3 Å². The number of nitrogens with zero attached hydrogens (tertiary/aromatic N) is 3. The van der Waals surface area contributed by atoms with Crippen LogP contribution in [0.3, 0.4) is 0 Å². The Morgan fingerprint density at radius 1 is 1.05 bits per heavy atom. The molecule has 0 radical (unpaired) electrons. The Kier molecular flexibility index (Phi) is 10.1. The molecule has 0 aliphatic rings. The highest BCUT2D eigenvalue weighted by atomic mass is 35.5. The van der Waals surface area contributed by atoms with E-state index in [2.05, 4.69) is 10.4 Å². The molecule has 0 atom stereocenters. The lowest BCUT2D eigenvalue weighted by Gasteiger charge is -2.26. The number of fused-ring (bicyclic) bond motifs is 1. The van der Waals surface area contributed by atoms with Gasteiger partial charge >= 0.3 is 5.97 Å². The first-order chi connectivity index (χ1) is 21.0. The van der Waals surface area contributed by atoms with Gasteiger partial charge in [-0.05, 0) is 43.7 Å². The number of nitrogens with one attached hydrogen (secondary N) is 1. The van der Waals surface area contributed by atoms with Crippen molar-refractivity contribution >= 4 is 51.8 Å². The van der Waals surface area contributed by atoms with E-state index in [0.717, 1.165) is 0 Å². The zero-order chi connectivity index (χ0) is 32.1. The highest BCUT2D eigenvalue weighted by molar-refractivity contribution is 6.34. The molecule has 2 amide bonds. The van der Waals surface area contributed by atoms with Crippen molar-refractivity contribution in [1.82, 2.24) is 14.7 Å². The Morgan fingerprint density at radius 2 is 1.75 bits per heavy atom. The molecular formula is C32H32ClFN4O6. The normalized spacial score (nSPS) is 11.1. The molecule has 1 aromatic heterocycles. The second-order valence-corrected chi connectivity index (χ2v) is 10.7. The van der Waals surface area contributed by atoms with Gasteiger partial charge in [0.25, 0.3) is 0 Å². The molecule has 0 bridgehead atoms. The summed E-state index contributed by atoms with van der Waals surface area (Å²) >= 11 is 6.52. The average Bonchev–Trinajstić information content (AvgIpc) is 3.35. The van der Waals surface area contributed by atoms with Gasteiger partial charge in [-0.1, -0.05) is 41.9 Å². The van der Waals surface area contributed by atoms with Crippen molar-refractivity contribution in [3.63, 3.8) is 0 Å². The van der Waals surface area contributed by atoms with E-state index >= 15 is 4.39 Å². The summed E-state index contributed by atoms with van der Waals surface area (Å²) in [4.78, 5) is 52.2. The lowest BCUT2D eigenvalue weighted by molar-refractivity contribution is -0.137. The van der Waals surface area contributed by atoms with Crippen molar-refractivity contribution in [2.45, 2.75) is 40.0 Å². The molecule has 0 aliphatic heterocycles. The second kappa shape index (κ2) is 13.8. The number of rotatable bonds is 11. The standard InChI is InChI=1S/C32H32ClFN4O6/c1-18(2)37(28(41)16-38-26-13-12-20(32(42)44-5)14-24(26)31(36-38)19(3)39)15-27(40)35-25-11-7-10-23(30(25)34)22-9-6-8-21(17-43-4)29(22)33/h6-14,18H,15-17H2,1-5H3,(H,35,40). The third kappa shape index (κ3) is 6.79. The average molecular weight is 623 g/mol. The first-order valence-corrected chi connectivity index (χ1v) is 14.1. The maximum absolute atomic E-state index is 15.6. The Balaban J connectivity index is 1.55. The van der Waals surface area contributed by atoms with Gasteiger partial charge in [-0.25, -0.2) is 9.18 Å². The number of Topliss-reactive ketones (excluding diaryl/α,β-unsaturated/α-hetero) is 1. The molecule has 12 heteroatoms. The van der Waals surface area contributed by atoms with Crippen molar-refractivity contribution in [2.24, 2.45) is 0 Å². The minimum Gasteiger partial charge on any atom is -0.465 e. The van der Waals surface area contributed by atoms with E-state index in [4.69, 9.17) is 21.1 Å². The number of hydrogen-bond donors (Lipinski definition) is 1. The van der Waals surface area contributed by atoms with Crippen LogP contribution in [-0.4, -0.2) is 65.1 Å². The van der Waals surface area contributed by atoms with Gasteiger partial charge in [-0.3, -0.25) is 19.1 Å². The van der Waals surface area contributed by atoms with Crippen LogP contribution < -0.4 is 5.32 Å². The molecule has 4 aromatic rings. The van der Waals surface area contributed by atoms with Crippen LogP contribution in [-0.2, 0) is 32.2 Å². The zero-order valence-electron chi connectivity index (χ0n) is 24.9. The number of benzene rings is 3. The van der Waals surface area contributed by atoms with E-state index in [0.29, 0.717) is 27.1 Å². The predicted molar refractivity (Wildman–Crippen MR) is 164 cm³/mol. The predicted octanol–water partition coefficient (Wildman–Crippen LogP) is 5.51. The maximum Gasteiger partial charge on any atom is 0.337 e. The Morgan fingerprint density at radius 3 is 2.41 bits per heavy atom. The maximum atomic E-state index is 15.6. The van der Waals surface area contributed by atoms with Gasteiger partial charge in [0.15, 0.2) is 11.6 Å². The van der Waals surface area contributed by atoms with E-state index in [1.807, 2.05) is 0 Å². The number of carbonyl (C=O) groups is 4. The molecule has 0 unspecified atom stereocenters. The van der Waals surface area contributed by atoms with Crippen molar-refractivity contribution in [1.29, 1.82) is 0 Å². The van der Waals surface area contributed by atoms with Crippen molar-refractivity contribution in [2.75, 3.05) is 26.1 Å². The lowest BCUT2D eigenvalue weighted by atomic mass is 10.0. The number of esters is 1. The van der Waals surface area contributed by atoms with Crippen LogP contribution >= 0.6 is 11.6 Å². The molecule has 1 N–H and O–H groups in total. The van der Waals surface area contributed by atoms with Gasteiger partial charge in [-0.15, -0.1) is 0 Å². The second-order valence-electron chi connectivity index (χ2n) is 10.3. The molecule has 4 rings (SSSR count). The topological polar surface area (TPSA) is 120 Å².